The number of ether oxygens (including phenoxy) is 1. The Bertz CT molecular complexity index is 987. The van der Waals surface area contributed by atoms with E-state index in [1.807, 2.05) is 0 Å². The minimum Gasteiger partial charge on any atom is -0.465 e. The molecule has 0 fully saturated rings. The summed E-state index contributed by atoms with van der Waals surface area (Å²) in [6, 6.07) is 10.7. The first kappa shape index (κ1) is 19.2. The molecule has 0 unspecified atom stereocenters. The van der Waals surface area contributed by atoms with Gasteiger partial charge < -0.3 is 9.64 Å². The summed E-state index contributed by atoms with van der Waals surface area (Å²) in [6.45, 7) is 2.00. The number of hydrogen-bond acceptors (Lipinski definition) is 6. The Balaban J connectivity index is 1.88. The average molecular weight is 406 g/mol. The number of benzene rings is 2. The van der Waals surface area contributed by atoms with Gasteiger partial charge in [0.25, 0.3) is 10.0 Å². The SMILES string of the molecule is COC(=O)c1ccc(NS(=O)(=O)c2ccc3c(c2)N(C(C)=O)CCS3)cc1. The number of carbonyl (C=O) groups is 2. The Morgan fingerprint density at radius 1 is 1.15 bits per heavy atom. The van der Waals surface area contributed by atoms with Crippen LogP contribution in [0.25, 0.3) is 0 Å². The lowest BCUT2D eigenvalue weighted by molar-refractivity contribution is -0.116. The number of thioether (sulfide) groups is 1. The quantitative estimate of drug-likeness (QED) is 0.785. The Labute approximate surface area is 161 Å². The molecular formula is C18H18N2O5S2. The van der Waals surface area contributed by atoms with Gasteiger partial charge in [-0.15, -0.1) is 11.8 Å². The van der Waals surface area contributed by atoms with Gasteiger partial charge in [0.05, 0.1) is 23.3 Å². The molecular weight excluding hydrogens is 388 g/mol. The van der Waals surface area contributed by atoms with Crippen molar-refractivity contribution < 1.29 is 22.7 Å². The summed E-state index contributed by atoms with van der Waals surface area (Å²) in [4.78, 5) is 25.8. The van der Waals surface area contributed by atoms with E-state index in [1.54, 1.807) is 22.7 Å². The van der Waals surface area contributed by atoms with E-state index >= 15 is 0 Å². The molecule has 0 aliphatic carbocycles. The highest BCUT2D eigenvalue weighted by Crippen LogP contribution is 2.36. The van der Waals surface area contributed by atoms with E-state index in [0.717, 1.165) is 10.6 Å². The van der Waals surface area contributed by atoms with Crippen molar-refractivity contribution in [2.45, 2.75) is 16.7 Å². The van der Waals surface area contributed by atoms with Crippen LogP contribution >= 0.6 is 11.8 Å². The molecule has 0 atom stereocenters. The Hall–Kier alpha value is -2.52. The predicted octanol–water partition coefficient (Wildman–Crippen LogP) is 2.73. The molecule has 1 heterocycles. The molecule has 9 heteroatoms. The summed E-state index contributed by atoms with van der Waals surface area (Å²) in [5.74, 6) is 0.141. The minimum absolute atomic E-state index is 0.0621. The van der Waals surface area contributed by atoms with Gasteiger partial charge in [-0.3, -0.25) is 9.52 Å². The van der Waals surface area contributed by atoms with Crippen LogP contribution in [0.5, 0.6) is 0 Å². The van der Waals surface area contributed by atoms with Crippen molar-refractivity contribution in [1.82, 2.24) is 0 Å². The van der Waals surface area contributed by atoms with Gasteiger partial charge in [0.2, 0.25) is 5.91 Å². The minimum atomic E-state index is -3.85. The first-order valence-electron chi connectivity index (χ1n) is 8.08. The Kier molecular flexibility index (Phi) is 5.43. The number of anilines is 2. The number of nitrogens with zero attached hydrogens (tertiary/aromatic N) is 1. The molecule has 7 nitrogen and oxygen atoms in total. The highest BCUT2D eigenvalue weighted by atomic mass is 32.2. The normalized spacial score (nSPS) is 13.6. The topological polar surface area (TPSA) is 92.8 Å². The molecule has 0 spiro atoms. The zero-order chi connectivity index (χ0) is 19.6. The van der Waals surface area contributed by atoms with Crippen LogP contribution in [0.1, 0.15) is 17.3 Å². The number of methoxy groups -OCH3 is 1. The van der Waals surface area contributed by atoms with Crippen LogP contribution in [0.4, 0.5) is 11.4 Å². The van der Waals surface area contributed by atoms with E-state index in [2.05, 4.69) is 9.46 Å². The van der Waals surface area contributed by atoms with E-state index < -0.39 is 16.0 Å². The van der Waals surface area contributed by atoms with Crippen molar-refractivity contribution in [1.29, 1.82) is 0 Å². The van der Waals surface area contributed by atoms with Crippen molar-refractivity contribution in [2.75, 3.05) is 29.0 Å². The lowest BCUT2D eigenvalue weighted by Gasteiger charge is -2.28. The molecule has 27 heavy (non-hydrogen) atoms. The van der Waals surface area contributed by atoms with E-state index in [0.29, 0.717) is 23.5 Å². The second-order valence-electron chi connectivity index (χ2n) is 5.82. The van der Waals surface area contributed by atoms with Crippen molar-refractivity contribution >= 4 is 45.0 Å². The first-order valence-corrected chi connectivity index (χ1v) is 10.5. The van der Waals surface area contributed by atoms with Gasteiger partial charge in [0.15, 0.2) is 0 Å². The van der Waals surface area contributed by atoms with Crippen molar-refractivity contribution in [3.8, 4) is 0 Å². The summed E-state index contributed by atoms with van der Waals surface area (Å²) in [5, 5.41) is 0. The molecule has 0 saturated carbocycles. The van der Waals surface area contributed by atoms with Crippen LogP contribution < -0.4 is 9.62 Å². The molecule has 1 N–H and O–H groups in total. The first-order chi connectivity index (χ1) is 12.8. The molecule has 1 amide bonds. The number of sulfonamides is 1. The van der Waals surface area contributed by atoms with E-state index in [9.17, 15) is 18.0 Å². The van der Waals surface area contributed by atoms with Crippen molar-refractivity contribution in [2.24, 2.45) is 0 Å². The van der Waals surface area contributed by atoms with Gasteiger partial charge in [-0.2, -0.15) is 0 Å². The largest absolute Gasteiger partial charge is 0.465 e. The molecule has 1 aliphatic heterocycles. The Morgan fingerprint density at radius 3 is 2.48 bits per heavy atom. The maximum absolute atomic E-state index is 12.7. The van der Waals surface area contributed by atoms with Crippen LogP contribution in [0.2, 0.25) is 0 Å². The highest BCUT2D eigenvalue weighted by molar-refractivity contribution is 7.99. The van der Waals surface area contributed by atoms with Crippen LogP contribution in [0.3, 0.4) is 0 Å². The van der Waals surface area contributed by atoms with Gasteiger partial charge >= 0.3 is 5.97 Å². The lowest BCUT2D eigenvalue weighted by Crippen LogP contribution is -2.33. The number of hydrogen-bond donors (Lipinski definition) is 1. The van der Waals surface area contributed by atoms with Crippen LogP contribution in [0.15, 0.2) is 52.3 Å². The number of amides is 1. The van der Waals surface area contributed by atoms with Gasteiger partial charge in [0, 0.05) is 29.8 Å². The van der Waals surface area contributed by atoms with Crippen LogP contribution in [-0.4, -0.2) is 39.7 Å². The fraction of sp³-hybridized carbons (Fsp3) is 0.222. The third-order valence-electron chi connectivity index (χ3n) is 4.04. The molecule has 0 radical (unpaired) electrons. The molecule has 3 rings (SSSR count). The van der Waals surface area contributed by atoms with Gasteiger partial charge in [-0.1, -0.05) is 0 Å². The lowest BCUT2D eigenvalue weighted by atomic mass is 10.2. The van der Waals surface area contributed by atoms with E-state index in [1.165, 1.54) is 50.4 Å². The smallest absolute Gasteiger partial charge is 0.337 e. The zero-order valence-electron chi connectivity index (χ0n) is 14.8. The molecule has 142 valence electrons. The molecule has 0 saturated heterocycles. The fourth-order valence-electron chi connectivity index (χ4n) is 2.70. The predicted molar refractivity (Wildman–Crippen MR) is 104 cm³/mol. The summed E-state index contributed by atoms with van der Waals surface area (Å²) < 4.78 is 32.5. The summed E-state index contributed by atoms with van der Waals surface area (Å²) in [5.41, 5.74) is 1.24. The molecule has 0 bridgehead atoms. The van der Waals surface area contributed by atoms with Crippen molar-refractivity contribution in [3.63, 3.8) is 0 Å². The maximum atomic E-state index is 12.7. The van der Waals surface area contributed by atoms with Crippen molar-refractivity contribution in [3.05, 3.63) is 48.0 Å². The van der Waals surface area contributed by atoms with Crippen LogP contribution in [-0.2, 0) is 19.6 Å². The van der Waals surface area contributed by atoms with E-state index in [-0.39, 0.29) is 10.8 Å². The third-order valence-corrected chi connectivity index (χ3v) is 6.46. The molecule has 0 aromatic heterocycles. The highest BCUT2D eigenvalue weighted by Gasteiger charge is 2.24. The second kappa shape index (κ2) is 7.61. The fourth-order valence-corrected chi connectivity index (χ4v) is 4.75. The number of esters is 1. The van der Waals surface area contributed by atoms with Gasteiger partial charge in [-0.05, 0) is 42.5 Å². The number of carbonyl (C=O) groups excluding carboxylic acids is 2. The van der Waals surface area contributed by atoms with E-state index in [4.69, 9.17) is 0 Å². The summed E-state index contributed by atoms with van der Waals surface area (Å²) in [6.07, 6.45) is 0. The van der Waals surface area contributed by atoms with Gasteiger partial charge in [-0.25, -0.2) is 13.2 Å². The third kappa shape index (κ3) is 4.09. The second-order valence-corrected chi connectivity index (χ2v) is 8.64. The molecule has 2 aromatic rings. The zero-order valence-corrected chi connectivity index (χ0v) is 16.4. The average Bonchev–Trinajstić information content (AvgIpc) is 2.66. The summed E-state index contributed by atoms with van der Waals surface area (Å²) in [7, 11) is -2.57. The summed E-state index contributed by atoms with van der Waals surface area (Å²) >= 11 is 1.59. The maximum Gasteiger partial charge on any atom is 0.337 e. The molecule has 2 aromatic carbocycles. The number of nitrogens with one attached hydrogen (secondary N) is 1. The Morgan fingerprint density at radius 2 is 1.85 bits per heavy atom. The monoisotopic (exact) mass is 406 g/mol. The molecule has 1 aliphatic rings. The van der Waals surface area contributed by atoms with Crippen LogP contribution in [0, 0.1) is 0 Å². The number of rotatable bonds is 4. The van der Waals surface area contributed by atoms with Gasteiger partial charge in [0.1, 0.15) is 0 Å². The number of fused-ring (bicyclic) bond motifs is 1. The standard InChI is InChI=1S/C18H18N2O5S2/c1-12(21)20-9-10-26-17-8-7-15(11-16(17)20)27(23,24)19-14-5-3-13(4-6-14)18(22)25-2/h3-8,11,19H,9-10H2,1-2H3.